The maximum absolute atomic E-state index is 13.1. The summed E-state index contributed by atoms with van der Waals surface area (Å²) in [6, 6.07) is 20.8. The smallest absolute Gasteiger partial charge is 0.162 e. The number of fused-ring (bicyclic) bond motifs is 1. The molecule has 1 saturated heterocycles. The van der Waals surface area contributed by atoms with Crippen molar-refractivity contribution in [3.63, 3.8) is 0 Å². The molecule has 41 heavy (non-hydrogen) atoms. The van der Waals surface area contributed by atoms with Crippen LogP contribution in [-0.2, 0) is 25.9 Å². The normalized spacial score (nSPS) is 16.3. The zero-order valence-electron chi connectivity index (χ0n) is 23.9. The number of piperidine rings is 1. The van der Waals surface area contributed by atoms with Gasteiger partial charge in [0.2, 0.25) is 0 Å². The van der Waals surface area contributed by atoms with Crippen LogP contribution >= 0.6 is 48.0 Å². The highest BCUT2D eigenvalue weighted by Crippen LogP contribution is 2.28. The molecule has 2 heterocycles. The van der Waals surface area contributed by atoms with Crippen LogP contribution in [0, 0.1) is 12.8 Å². The Labute approximate surface area is 268 Å². The molecule has 2 aliphatic rings. The van der Waals surface area contributed by atoms with Crippen molar-refractivity contribution in [3.8, 4) is 0 Å². The number of hydrogen-bond acceptors (Lipinski definition) is 3. The van der Waals surface area contributed by atoms with Gasteiger partial charge in [-0.3, -0.25) is 14.6 Å². The molecule has 3 nitrogen and oxygen atoms in total. The van der Waals surface area contributed by atoms with E-state index in [0.29, 0.717) is 12.2 Å². The molecular formula is C34H42Cl4N2O. The van der Waals surface area contributed by atoms with E-state index in [-0.39, 0.29) is 24.8 Å². The van der Waals surface area contributed by atoms with Crippen molar-refractivity contribution in [2.24, 2.45) is 5.92 Å². The summed E-state index contributed by atoms with van der Waals surface area (Å²) >= 11 is 12.8. The van der Waals surface area contributed by atoms with E-state index >= 15 is 0 Å². The Morgan fingerprint density at radius 3 is 2.17 bits per heavy atom. The fourth-order valence-electron chi connectivity index (χ4n) is 6.17. The maximum atomic E-state index is 13.1. The summed E-state index contributed by atoms with van der Waals surface area (Å²) in [4.78, 5) is 18.1. The lowest BCUT2D eigenvalue weighted by Gasteiger charge is -2.32. The van der Waals surface area contributed by atoms with E-state index in [1.165, 1.54) is 35.1 Å². The van der Waals surface area contributed by atoms with Crippen LogP contribution in [0.1, 0.15) is 70.3 Å². The Morgan fingerprint density at radius 1 is 0.805 bits per heavy atom. The lowest BCUT2D eigenvalue weighted by molar-refractivity contribution is 0.0974. The molecule has 0 radical (unpaired) electrons. The highest BCUT2D eigenvalue weighted by molar-refractivity contribution is 6.35. The molecule has 0 N–H and O–H groups in total. The van der Waals surface area contributed by atoms with Crippen molar-refractivity contribution in [2.75, 3.05) is 26.2 Å². The second-order valence-corrected chi connectivity index (χ2v) is 12.2. The molecule has 0 aromatic heterocycles. The van der Waals surface area contributed by atoms with Gasteiger partial charge in [-0.05, 0) is 105 Å². The quantitative estimate of drug-likeness (QED) is 0.219. The van der Waals surface area contributed by atoms with Crippen LogP contribution < -0.4 is 0 Å². The zero-order chi connectivity index (χ0) is 27.2. The van der Waals surface area contributed by atoms with Gasteiger partial charge >= 0.3 is 0 Å². The average molecular weight is 637 g/mol. The predicted octanol–water partition coefficient (Wildman–Crippen LogP) is 9.01. The molecule has 1 fully saturated rings. The van der Waals surface area contributed by atoms with Gasteiger partial charge in [0.1, 0.15) is 0 Å². The monoisotopic (exact) mass is 634 g/mol. The summed E-state index contributed by atoms with van der Waals surface area (Å²) in [7, 11) is 0. The van der Waals surface area contributed by atoms with Gasteiger partial charge < -0.3 is 0 Å². The molecule has 5 rings (SSSR count). The molecule has 0 saturated carbocycles. The minimum atomic E-state index is 0. The van der Waals surface area contributed by atoms with Crippen molar-refractivity contribution in [1.82, 2.24) is 9.80 Å². The Kier molecular flexibility index (Phi) is 13.5. The second kappa shape index (κ2) is 16.3. The van der Waals surface area contributed by atoms with Gasteiger partial charge in [0.25, 0.3) is 0 Å². The topological polar surface area (TPSA) is 23.6 Å². The van der Waals surface area contributed by atoms with Crippen molar-refractivity contribution in [2.45, 2.75) is 65.0 Å². The van der Waals surface area contributed by atoms with E-state index in [4.69, 9.17) is 23.2 Å². The third-order valence-corrected chi connectivity index (χ3v) is 9.45. The van der Waals surface area contributed by atoms with Gasteiger partial charge in [-0.1, -0.05) is 65.7 Å². The molecule has 0 bridgehead atoms. The van der Waals surface area contributed by atoms with Gasteiger partial charge in [-0.15, -0.1) is 24.8 Å². The van der Waals surface area contributed by atoms with Gasteiger partial charge in [-0.25, -0.2) is 0 Å². The Bertz CT molecular complexity index is 1270. The van der Waals surface area contributed by atoms with E-state index in [9.17, 15) is 4.79 Å². The predicted molar refractivity (Wildman–Crippen MR) is 177 cm³/mol. The summed E-state index contributed by atoms with van der Waals surface area (Å²) in [5.74, 6) is 1.04. The van der Waals surface area contributed by atoms with E-state index in [2.05, 4.69) is 53.1 Å². The lowest BCUT2D eigenvalue weighted by Crippen LogP contribution is -2.33. The summed E-state index contributed by atoms with van der Waals surface area (Å²) < 4.78 is 0. The summed E-state index contributed by atoms with van der Waals surface area (Å²) in [6.07, 6.45) is 7.22. The molecule has 3 aromatic rings. The number of carbonyl (C=O) groups excluding carboxylic acids is 1. The van der Waals surface area contributed by atoms with Gasteiger partial charge in [0.05, 0.1) is 0 Å². The van der Waals surface area contributed by atoms with Crippen LogP contribution in [0.3, 0.4) is 0 Å². The molecule has 222 valence electrons. The molecule has 3 aromatic carbocycles. The van der Waals surface area contributed by atoms with Crippen LogP contribution in [0.15, 0.2) is 60.7 Å². The second-order valence-electron chi connectivity index (χ2n) is 11.4. The number of ketones is 1. The van der Waals surface area contributed by atoms with Crippen molar-refractivity contribution < 1.29 is 4.79 Å². The van der Waals surface area contributed by atoms with Crippen LogP contribution in [0.5, 0.6) is 0 Å². The van der Waals surface area contributed by atoms with E-state index < -0.39 is 0 Å². The number of benzene rings is 3. The number of carbonyl (C=O) groups is 1. The fourth-order valence-corrected chi connectivity index (χ4v) is 6.68. The van der Waals surface area contributed by atoms with Gasteiger partial charge in [-0.2, -0.15) is 0 Å². The summed E-state index contributed by atoms with van der Waals surface area (Å²) in [6.45, 7) is 8.25. The fraction of sp³-hybridized carbons (Fsp3) is 0.441. The SMILES string of the molecule is Cc1ccccc1CN1CCC(CCCC(=O)c2ccc3c(c2)CCN(Cc2c(Cl)cccc2Cl)CC3)CC1.Cl.Cl. The maximum Gasteiger partial charge on any atom is 0.162 e. The first-order valence-corrected chi connectivity index (χ1v) is 15.3. The first-order valence-electron chi connectivity index (χ1n) is 14.5. The number of aryl methyl sites for hydroxylation is 1. The molecule has 0 aliphatic carbocycles. The van der Waals surface area contributed by atoms with E-state index in [1.807, 2.05) is 24.3 Å². The lowest BCUT2D eigenvalue weighted by atomic mass is 9.90. The molecule has 0 amide bonds. The number of rotatable bonds is 9. The minimum Gasteiger partial charge on any atom is -0.299 e. The van der Waals surface area contributed by atoms with Crippen LogP contribution in [-0.4, -0.2) is 41.8 Å². The third-order valence-electron chi connectivity index (χ3n) is 8.74. The first-order chi connectivity index (χ1) is 19.0. The standard InChI is InChI=1S/C34H40Cl2N2O.2ClH/c1-25-6-2-3-8-30(25)23-37-18-14-26(15-19-37)7-4-11-34(39)29-13-12-27-16-20-38(21-17-28(27)22-29)24-31-32(35)9-5-10-33(31)36;;/h2-3,5-6,8-10,12-13,22,26H,4,7,11,14-21,23-24H2,1H3;2*1H. The zero-order valence-corrected chi connectivity index (χ0v) is 27.1. The van der Waals surface area contributed by atoms with Crippen molar-refractivity contribution >= 4 is 53.8 Å². The third kappa shape index (κ3) is 9.20. The van der Waals surface area contributed by atoms with E-state index in [1.54, 1.807) is 0 Å². The largest absolute Gasteiger partial charge is 0.299 e. The Hall–Kier alpha value is -1.59. The van der Waals surface area contributed by atoms with E-state index in [0.717, 1.165) is 92.0 Å². The number of nitrogens with zero attached hydrogens (tertiary/aromatic N) is 2. The van der Waals surface area contributed by atoms with Crippen LogP contribution in [0.25, 0.3) is 0 Å². The number of Topliss-reactive ketones (excluding diaryl/α,β-unsaturated/α-hetero) is 1. The highest BCUT2D eigenvalue weighted by Gasteiger charge is 2.21. The van der Waals surface area contributed by atoms with Gasteiger partial charge in [0, 0.05) is 53.8 Å². The number of hydrogen-bond donors (Lipinski definition) is 0. The van der Waals surface area contributed by atoms with Crippen LogP contribution in [0.4, 0.5) is 0 Å². The Balaban J connectivity index is 0.00000231. The summed E-state index contributed by atoms with van der Waals surface area (Å²) in [5.41, 5.74) is 7.38. The number of likely N-dealkylation sites (tertiary alicyclic amines) is 1. The Morgan fingerprint density at radius 2 is 1.46 bits per heavy atom. The first kappa shape index (κ1) is 33.9. The van der Waals surface area contributed by atoms with Crippen LogP contribution in [0.2, 0.25) is 10.0 Å². The molecule has 0 unspecified atom stereocenters. The van der Waals surface area contributed by atoms with Gasteiger partial charge in [0.15, 0.2) is 5.78 Å². The molecular weight excluding hydrogens is 594 g/mol. The molecule has 2 aliphatic heterocycles. The number of halogens is 4. The molecule has 0 spiro atoms. The molecule has 0 atom stereocenters. The minimum absolute atomic E-state index is 0. The molecule has 7 heteroatoms. The van der Waals surface area contributed by atoms with Crippen molar-refractivity contribution in [3.05, 3.63) is 104 Å². The average Bonchev–Trinajstić information content (AvgIpc) is 3.15. The summed E-state index contributed by atoms with van der Waals surface area (Å²) in [5, 5.41) is 1.45. The van der Waals surface area contributed by atoms with Crippen molar-refractivity contribution in [1.29, 1.82) is 0 Å². The highest BCUT2D eigenvalue weighted by atomic mass is 35.5.